The molecule has 1 N–H and O–H groups in total. The molecule has 6 heteroatoms. The average Bonchev–Trinajstić information content (AvgIpc) is 2.75. The smallest absolute Gasteiger partial charge is 0.317 e. The van der Waals surface area contributed by atoms with E-state index < -0.39 is 0 Å². The van der Waals surface area contributed by atoms with E-state index in [0.29, 0.717) is 12.1 Å². The van der Waals surface area contributed by atoms with Gasteiger partial charge in [0.05, 0.1) is 17.7 Å². The number of carbonyl (C=O) groups excluding carboxylic acids is 1. The number of urea groups is 1. The topological polar surface area (TPSA) is 62.6 Å². The summed E-state index contributed by atoms with van der Waals surface area (Å²) < 4.78 is 0. The van der Waals surface area contributed by atoms with E-state index in [2.05, 4.69) is 33.3 Å². The van der Waals surface area contributed by atoms with Crippen LogP contribution in [0.3, 0.4) is 0 Å². The molecule has 1 heterocycles. The molecule has 1 unspecified atom stereocenters. The van der Waals surface area contributed by atoms with E-state index in [9.17, 15) is 4.79 Å². The number of nitriles is 1. The van der Waals surface area contributed by atoms with Crippen molar-refractivity contribution in [3.8, 4) is 6.07 Å². The molecule has 2 amide bonds. The third kappa shape index (κ3) is 5.80. The maximum absolute atomic E-state index is 12.6. The maximum atomic E-state index is 12.6. The van der Waals surface area contributed by atoms with Crippen LogP contribution in [0.15, 0.2) is 54.6 Å². The molecular weight excluding hydrogens is 362 g/mol. The first-order valence-corrected chi connectivity index (χ1v) is 10.0. The van der Waals surface area contributed by atoms with Crippen molar-refractivity contribution in [2.45, 2.75) is 12.6 Å². The Kier molecular flexibility index (Phi) is 7.23. The highest BCUT2D eigenvalue weighted by molar-refractivity contribution is 5.74. The van der Waals surface area contributed by atoms with Crippen molar-refractivity contribution < 1.29 is 4.79 Å². The SMILES string of the molecule is CN(C)C(CNC(=O)N1CCN(Cc2ccc(C#N)cc2)CC1)c1ccccc1. The Morgan fingerprint density at radius 3 is 2.31 bits per heavy atom. The van der Waals surface area contributed by atoms with E-state index >= 15 is 0 Å². The minimum Gasteiger partial charge on any atom is -0.336 e. The Labute approximate surface area is 173 Å². The number of hydrogen-bond acceptors (Lipinski definition) is 4. The quantitative estimate of drug-likeness (QED) is 0.822. The first-order valence-electron chi connectivity index (χ1n) is 10.0. The standard InChI is InChI=1S/C23H29N5O/c1-26(2)22(21-6-4-3-5-7-21)17-25-23(29)28-14-12-27(13-15-28)18-20-10-8-19(16-24)9-11-20/h3-11,22H,12-15,17-18H2,1-2H3,(H,25,29). The summed E-state index contributed by atoms with van der Waals surface area (Å²) in [6.45, 7) is 4.58. The number of piperazine rings is 1. The van der Waals surface area contributed by atoms with E-state index in [1.165, 1.54) is 11.1 Å². The lowest BCUT2D eigenvalue weighted by Gasteiger charge is -2.35. The molecule has 0 saturated carbocycles. The number of nitrogens with one attached hydrogen (secondary N) is 1. The molecule has 0 bridgehead atoms. The van der Waals surface area contributed by atoms with E-state index in [-0.39, 0.29) is 12.1 Å². The van der Waals surface area contributed by atoms with Crippen LogP contribution in [0.5, 0.6) is 0 Å². The Morgan fingerprint density at radius 1 is 1.07 bits per heavy atom. The summed E-state index contributed by atoms with van der Waals surface area (Å²) >= 11 is 0. The van der Waals surface area contributed by atoms with E-state index in [1.54, 1.807) is 0 Å². The fourth-order valence-electron chi connectivity index (χ4n) is 3.62. The first-order chi connectivity index (χ1) is 14.1. The van der Waals surface area contributed by atoms with Gasteiger partial charge in [-0.1, -0.05) is 42.5 Å². The zero-order valence-electron chi connectivity index (χ0n) is 17.2. The summed E-state index contributed by atoms with van der Waals surface area (Å²) in [6, 6.07) is 20.3. The van der Waals surface area contributed by atoms with E-state index in [0.717, 1.165) is 32.7 Å². The van der Waals surface area contributed by atoms with Crippen LogP contribution in [-0.2, 0) is 6.54 Å². The van der Waals surface area contributed by atoms with Crippen LogP contribution < -0.4 is 5.32 Å². The second-order valence-electron chi connectivity index (χ2n) is 7.65. The van der Waals surface area contributed by atoms with Gasteiger partial charge in [-0.2, -0.15) is 5.26 Å². The summed E-state index contributed by atoms with van der Waals surface area (Å²) in [5.74, 6) is 0. The van der Waals surface area contributed by atoms with Gasteiger partial charge >= 0.3 is 6.03 Å². The molecule has 0 radical (unpaired) electrons. The highest BCUT2D eigenvalue weighted by atomic mass is 16.2. The largest absolute Gasteiger partial charge is 0.336 e. The second-order valence-corrected chi connectivity index (χ2v) is 7.65. The third-order valence-corrected chi connectivity index (χ3v) is 5.40. The van der Waals surface area contributed by atoms with Gasteiger partial charge in [-0.05, 0) is 37.4 Å². The van der Waals surface area contributed by atoms with Gasteiger partial charge in [0.2, 0.25) is 0 Å². The Morgan fingerprint density at radius 2 is 1.72 bits per heavy atom. The Balaban J connectivity index is 1.46. The molecule has 0 spiro atoms. The number of carbonyl (C=O) groups is 1. The van der Waals surface area contributed by atoms with Crippen molar-refractivity contribution in [1.29, 1.82) is 5.26 Å². The van der Waals surface area contributed by atoms with E-state index in [1.807, 2.05) is 61.5 Å². The molecule has 2 aromatic carbocycles. The summed E-state index contributed by atoms with van der Waals surface area (Å²) in [5.41, 5.74) is 3.07. The third-order valence-electron chi connectivity index (χ3n) is 5.40. The minimum atomic E-state index is 0.00537. The van der Waals surface area contributed by atoms with Crippen LogP contribution in [0.2, 0.25) is 0 Å². The van der Waals surface area contributed by atoms with Gasteiger partial charge in [0.1, 0.15) is 0 Å². The molecule has 3 rings (SSSR count). The van der Waals surface area contributed by atoms with Gasteiger partial charge < -0.3 is 15.1 Å². The molecule has 152 valence electrons. The fourth-order valence-corrected chi connectivity index (χ4v) is 3.62. The van der Waals surface area contributed by atoms with Crippen molar-refractivity contribution >= 4 is 6.03 Å². The normalized spacial score (nSPS) is 15.7. The van der Waals surface area contributed by atoms with Crippen molar-refractivity contribution in [2.75, 3.05) is 46.8 Å². The minimum absolute atomic E-state index is 0.00537. The number of likely N-dealkylation sites (N-methyl/N-ethyl adjacent to an activating group) is 1. The number of benzene rings is 2. The molecule has 2 aromatic rings. The molecule has 0 aliphatic carbocycles. The Bertz CT molecular complexity index is 821. The average molecular weight is 392 g/mol. The summed E-state index contributed by atoms with van der Waals surface area (Å²) in [4.78, 5) is 19.0. The van der Waals surface area contributed by atoms with Gasteiger partial charge in [-0.15, -0.1) is 0 Å². The summed E-state index contributed by atoms with van der Waals surface area (Å²) in [7, 11) is 4.07. The number of amides is 2. The molecule has 1 saturated heterocycles. The van der Waals surface area contributed by atoms with Gasteiger partial charge in [0.15, 0.2) is 0 Å². The lowest BCUT2D eigenvalue weighted by molar-refractivity contribution is 0.133. The number of hydrogen-bond donors (Lipinski definition) is 1. The molecule has 6 nitrogen and oxygen atoms in total. The predicted octanol–water partition coefficient (Wildman–Crippen LogP) is 2.69. The molecule has 29 heavy (non-hydrogen) atoms. The van der Waals surface area contributed by atoms with Gasteiger partial charge in [0, 0.05) is 39.3 Å². The van der Waals surface area contributed by atoms with Crippen LogP contribution in [0, 0.1) is 11.3 Å². The molecule has 1 fully saturated rings. The molecule has 0 aromatic heterocycles. The lowest BCUT2D eigenvalue weighted by Crippen LogP contribution is -2.52. The van der Waals surface area contributed by atoms with Crippen LogP contribution >= 0.6 is 0 Å². The fraction of sp³-hybridized carbons (Fsp3) is 0.391. The van der Waals surface area contributed by atoms with E-state index in [4.69, 9.17) is 5.26 Å². The predicted molar refractivity (Wildman–Crippen MR) is 114 cm³/mol. The monoisotopic (exact) mass is 391 g/mol. The van der Waals surface area contributed by atoms with Crippen molar-refractivity contribution in [2.24, 2.45) is 0 Å². The second kappa shape index (κ2) is 10.1. The maximum Gasteiger partial charge on any atom is 0.317 e. The van der Waals surface area contributed by atoms with Crippen LogP contribution in [0.1, 0.15) is 22.7 Å². The van der Waals surface area contributed by atoms with Gasteiger partial charge in [-0.25, -0.2) is 4.79 Å². The highest BCUT2D eigenvalue weighted by Crippen LogP contribution is 2.17. The number of rotatable bonds is 6. The number of nitrogens with zero attached hydrogens (tertiary/aromatic N) is 4. The molecule has 1 aliphatic heterocycles. The van der Waals surface area contributed by atoms with Crippen LogP contribution in [-0.4, -0.2) is 67.5 Å². The summed E-state index contributed by atoms with van der Waals surface area (Å²) in [5, 5.41) is 12.0. The Hall–Kier alpha value is -2.88. The summed E-state index contributed by atoms with van der Waals surface area (Å²) in [6.07, 6.45) is 0. The lowest BCUT2D eigenvalue weighted by atomic mass is 10.1. The zero-order valence-corrected chi connectivity index (χ0v) is 17.2. The zero-order chi connectivity index (χ0) is 20.6. The molecule has 1 aliphatic rings. The van der Waals surface area contributed by atoms with Crippen molar-refractivity contribution in [3.05, 3.63) is 71.3 Å². The van der Waals surface area contributed by atoms with Crippen LogP contribution in [0.25, 0.3) is 0 Å². The molecule has 1 atom stereocenters. The van der Waals surface area contributed by atoms with Gasteiger partial charge in [0.25, 0.3) is 0 Å². The first kappa shape index (κ1) is 20.8. The van der Waals surface area contributed by atoms with Crippen LogP contribution in [0.4, 0.5) is 4.79 Å². The molecular formula is C23H29N5O. The van der Waals surface area contributed by atoms with Gasteiger partial charge in [-0.3, -0.25) is 4.90 Å². The van der Waals surface area contributed by atoms with Crippen molar-refractivity contribution in [3.63, 3.8) is 0 Å². The highest BCUT2D eigenvalue weighted by Gasteiger charge is 2.22. The van der Waals surface area contributed by atoms with Crippen molar-refractivity contribution in [1.82, 2.24) is 20.0 Å².